The topological polar surface area (TPSA) is 72.7 Å². The van der Waals surface area contributed by atoms with Crippen LogP contribution in [0.1, 0.15) is 15.2 Å². The minimum absolute atomic E-state index is 0.234. The van der Waals surface area contributed by atoms with Gasteiger partial charge in [-0.2, -0.15) is 9.67 Å². The SMILES string of the molecule is O=C(c1ccccc1)n1nc(-c2cccnc2)nc1NCc1cccs1. The number of benzene rings is 1. The fourth-order valence-electron chi connectivity index (χ4n) is 2.47. The van der Waals surface area contributed by atoms with E-state index in [-0.39, 0.29) is 5.91 Å². The summed E-state index contributed by atoms with van der Waals surface area (Å²) in [5, 5.41) is 9.64. The summed E-state index contributed by atoms with van der Waals surface area (Å²) in [4.78, 5) is 22.6. The normalized spacial score (nSPS) is 10.6. The molecule has 0 fully saturated rings. The van der Waals surface area contributed by atoms with Crippen LogP contribution in [0.15, 0.2) is 72.4 Å². The van der Waals surface area contributed by atoms with Crippen molar-refractivity contribution in [3.8, 4) is 11.4 Å². The first-order chi connectivity index (χ1) is 12.8. The molecule has 3 aromatic heterocycles. The summed E-state index contributed by atoms with van der Waals surface area (Å²) >= 11 is 1.64. The van der Waals surface area contributed by atoms with Crippen LogP contribution in [0.3, 0.4) is 0 Å². The highest BCUT2D eigenvalue weighted by Crippen LogP contribution is 2.19. The maximum absolute atomic E-state index is 12.9. The Labute approximate surface area is 154 Å². The molecule has 1 N–H and O–H groups in total. The highest BCUT2D eigenvalue weighted by Gasteiger charge is 2.18. The Balaban J connectivity index is 1.70. The lowest BCUT2D eigenvalue weighted by molar-refractivity contribution is 0.0947. The van der Waals surface area contributed by atoms with Crippen LogP contribution in [0.2, 0.25) is 0 Å². The van der Waals surface area contributed by atoms with Crippen molar-refractivity contribution in [2.75, 3.05) is 5.32 Å². The maximum Gasteiger partial charge on any atom is 0.281 e. The Morgan fingerprint density at radius 3 is 2.69 bits per heavy atom. The van der Waals surface area contributed by atoms with Crippen molar-refractivity contribution in [2.45, 2.75) is 6.54 Å². The zero-order valence-electron chi connectivity index (χ0n) is 13.7. The number of aromatic nitrogens is 4. The molecule has 128 valence electrons. The van der Waals surface area contributed by atoms with Crippen molar-refractivity contribution in [1.82, 2.24) is 19.7 Å². The Kier molecular flexibility index (Phi) is 4.53. The molecule has 0 unspecified atom stereocenters. The standard InChI is InChI=1S/C19H15N5OS/c25-18(14-6-2-1-3-7-14)24-19(21-13-16-9-5-11-26-16)22-17(23-24)15-8-4-10-20-12-15/h1-12H,13H2,(H,21,22,23). The zero-order valence-corrected chi connectivity index (χ0v) is 14.6. The third-order valence-electron chi connectivity index (χ3n) is 3.74. The molecule has 0 aliphatic heterocycles. The molecule has 0 atom stereocenters. The summed E-state index contributed by atoms with van der Waals surface area (Å²) < 4.78 is 1.31. The summed E-state index contributed by atoms with van der Waals surface area (Å²) in [7, 11) is 0. The number of pyridine rings is 1. The molecule has 26 heavy (non-hydrogen) atoms. The second-order valence-electron chi connectivity index (χ2n) is 5.52. The van der Waals surface area contributed by atoms with E-state index in [0.717, 1.165) is 10.4 Å². The summed E-state index contributed by atoms with van der Waals surface area (Å²) in [6.07, 6.45) is 3.36. The van der Waals surface area contributed by atoms with Crippen LogP contribution in [-0.2, 0) is 6.54 Å². The monoisotopic (exact) mass is 361 g/mol. The first-order valence-electron chi connectivity index (χ1n) is 8.05. The average Bonchev–Trinajstić information content (AvgIpc) is 3.37. The van der Waals surface area contributed by atoms with Crippen molar-refractivity contribution in [2.24, 2.45) is 0 Å². The van der Waals surface area contributed by atoms with E-state index < -0.39 is 0 Å². The lowest BCUT2D eigenvalue weighted by atomic mass is 10.2. The van der Waals surface area contributed by atoms with Gasteiger partial charge in [-0.1, -0.05) is 24.3 Å². The van der Waals surface area contributed by atoms with Crippen molar-refractivity contribution < 1.29 is 4.79 Å². The fourth-order valence-corrected chi connectivity index (χ4v) is 3.11. The van der Waals surface area contributed by atoms with Crippen LogP contribution in [-0.4, -0.2) is 25.7 Å². The van der Waals surface area contributed by atoms with Crippen LogP contribution in [0.5, 0.6) is 0 Å². The lowest BCUT2D eigenvalue weighted by Gasteiger charge is -2.06. The van der Waals surface area contributed by atoms with Gasteiger partial charge in [-0.3, -0.25) is 9.78 Å². The average molecular weight is 361 g/mol. The molecule has 4 aromatic rings. The van der Waals surface area contributed by atoms with E-state index in [9.17, 15) is 4.79 Å². The molecule has 0 bridgehead atoms. The van der Waals surface area contributed by atoms with Crippen LogP contribution in [0.25, 0.3) is 11.4 Å². The highest BCUT2D eigenvalue weighted by molar-refractivity contribution is 7.09. The van der Waals surface area contributed by atoms with Gasteiger partial charge in [0, 0.05) is 28.4 Å². The predicted octanol–water partition coefficient (Wildman–Crippen LogP) is 3.70. The smallest absolute Gasteiger partial charge is 0.281 e. The molecule has 0 radical (unpaired) electrons. The molecule has 6 nitrogen and oxygen atoms in total. The van der Waals surface area contributed by atoms with Crippen molar-refractivity contribution in [1.29, 1.82) is 0 Å². The Hall–Kier alpha value is -3.32. The number of thiophene rings is 1. The van der Waals surface area contributed by atoms with E-state index >= 15 is 0 Å². The number of hydrogen-bond acceptors (Lipinski definition) is 6. The first-order valence-corrected chi connectivity index (χ1v) is 8.93. The molecule has 4 rings (SSSR count). The molecule has 0 aliphatic rings. The van der Waals surface area contributed by atoms with Crippen LogP contribution < -0.4 is 5.32 Å². The summed E-state index contributed by atoms with van der Waals surface area (Å²) in [6, 6.07) is 16.7. The molecule has 0 amide bonds. The van der Waals surface area contributed by atoms with E-state index in [1.807, 2.05) is 47.8 Å². The quantitative estimate of drug-likeness (QED) is 0.587. The van der Waals surface area contributed by atoms with Gasteiger partial charge in [0.15, 0.2) is 5.82 Å². The number of nitrogens with one attached hydrogen (secondary N) is 1. The van der Waals surface area contributed by atoms with Gasteiger partial charge < -0.3 is 5.32 Å². The minimum Gasteiger partial charge on any atom is -0.349 e. The molecule has 0 spiro atoms. The van der Waals surface area contributed by atoms with Gasteiger partial charge in [-0.15, -0.1) is 16.4 Å². The van der Waals surface area contributed by atoms with E-state index in [2.05, 4.69) is 20.4 Å². The van der Waals surface area contributed by atoms with E-state index in [1.165, 1.54) is 4.68 Å². The summed E-state index contributed by atoms with van der Waals surface area (Å²) in [6.45, 7) is 0.574. The van der Waals surface area contributed by atoms with Gasteiger partial charge in [0.1, 0.15) is 0 Å². The van der Waals surface area contributed by atoms with Gasteiger partial charge in [-0.25, -0.2) is 0 Å². The van der Waals surface area contributed by atoms with E-state index in [4.69, 9.17) is 0 Å². The number of hydrogen-bond donors (Lipinski definition) is 1. The number of carbonyl (C=O) groups is 1. The van der Waals surface area contributed by atoms with Gasteiger partial charge in [0.25, 0.3) is 5.91 Å². The predicted molar refractivity (Wildman–Crippen MR) is 101 cm³/mol. The molecular weight excluding hydrogens is 346 g/mol. The van der Waals surface area contributed by atoms with Gasteiger partial charge in [0.2, 0.25) is 5.95 Å². The van der Waals surface area contributed by atoms with Gasteiger partial charge >= 0.3 is 0 Å². The Morgan fingerprint density at radius 2 is 1.96 bits per heavy atom. The first kappa shape index (κ1) is 16.2. The van der Waals surface area contributed by atoms with Gasteiger partial charge in [0.05, 0.1) is 6.54 Å². The number of carbonyl (C=O) groups excluding carboxylic acids is 1. The number of rotatable bonds is 5. The largest absolute Gasteiger partial charge is 0.349 e. The Morgan fingerprint density at radius 1 is 1.08 bits per heavy atom. The molecular formula is C19H15N5OS. The highest BCUT2D eigenvalue weighted by atomic mass is 32.1. The van der Waals surface area contributed by atoms with Crippen molar-refractivity contribution in [3.63, 3.8) is 0 Å². The third-order valence-corrected chi connectivity index (χ3v) is 4.62. The fraction of sp³-hybridized carbons (Fsp3) is 0.0526. The number of nitrogens with zero attached hydrogens (tertiary/aromatic N) is 4. The number of anilines is 1. The molecule has 3 heterocycles. The maximum atomic E-state index is 12.9. The Bertz CT molecular complexity index is 997. The van der Waals surface area contributed by atoms with Crippen LogP contribution >= 0.6 is 11.3 Å². The van der Waals surface area contributed by atoms with Crippen LogP contribution in [0, 0.1) is 0 Å². The van der Waals surface area contributed by atoms with Crippen molar-refractivity contribution >= 4 is 23.2 Å². The molecule has 1 aromatic carbocycles. The van der Waals surface area contributed by atoms with Gasteiger partial charge in [-0.05, 0) is 35.7 Å². The van der Waals surface area contributed by atoms with E-state index in [0.29, 0.717) is 23.9 Å². The van der Waals surface area contributed by atoms with Crippen LogP contribution in [0.4, 0.5) is 5.95 Å². The third kappa shape index (κ3) is 3.38. The summed E-state index contributed by atoms with van der Waals surface area (Å²) in [5.74, 6) is 0.629. The summed E-state index contributed by atoms with van der Waals surface area (Å²) in [5.41, 5.74) is 1.31. The zero-order chi connectivity index (χ0) is 17.8. The lowest BCUT2D eigenvalue weighted by Crippen LogP contribution is -2.17. The molecule has 0 saturated carbocycles. The second-order valence-corrected chi connectivity index (χ2v) is 6.55. The van der Waals surface area contributed by atoms with E-state index in [1.54, 1.807) is 35.9 Å². The molecule has 0 aliphatic carbocycles. The molecule has 0 saturated heterocycles. The van der Waals surface area contributed by atoms with Crippen molar-refractivity contribution in [3.05, 3.63) is 82.8 Å². The minimum atomic E-state index is -0.234. The molecule has 7 heteroatoms. The second kappa shape index (κ2) is 7.28.